The topological polar surface area (TPSA) is 75.0 Å². The van der Waals surface area contributed by atoms with Gasteiger partial charge in [-0.15, -0.1) is 0 Å². The molecule has 134 valence electrons. The minimum atomic E-state index is -0.131. The van der Waals surface area contributed by atoms with Gasteiger partial charge in [0.05, 0.1) is 22.7 Å². The van der Waals surface area contributed by atoms with Crippen molar-refractivity contribution in [1.29, 1.82) is 0 Å². The minimum Gasteiger partial charge on any atom is -0.504 e. The van der Waals surface area contributed by atoms with Crippen molar-refractivity contribution in [2.45, 2.75) is 6.92 Å². The molecule has 0 aliphatic carbocycles. The fourth-order valence-electron chi connectivity index (χ4n) is 2.37. The van der Waals surface area contributed by atoms with Crippen molar-refractivity contribution in [3.05, 3.63) is 52.2 Å². The van der Waals surface area contributed by atoms with Gasteiger partial charge in [-0.3, -0.25) is 14.7 Å². The lowest BCUT2D eigenvalue weighted by atomic mass is 10.2. The zero-order valence-electron chi connectivity index (χ0n) is 14.1. The van der Waals surface area contributed by atoms with E-state index in [1.807, 2.05) is 6.92 Å². The molecule has 1 aliphatic heterocycles. The van der Waals surface area contributed by atoms with Crippen LogP contribution in [0.25, 0.3) is 6.08 Å². The highest BCUT2D eigenvalue weighted by Crippen LogP contribution is 2.36. The van der Waals surface area contributed by atoms with Crippen LogP contribution in [0.5, 0.6) is 11.5 Å². The Morgan fingerprint density at radius 1 is 1.42 bits per heavy atom. The molecule has 0 spiro atoms. The molecule has 1 amide bonds. The first-order valence-electron chi connectivity index (χ1n) is 7.80. The maximum atomic E-state index is 12.7. The van der Waals surface area contributed by atoms with Gasteiger partial charge in [0.2, 0.25) is 0 Å². The van der Waals surface area contributed by atoms with E-state index in [2.05, 4.69) is 9.98 Å². The minimum absolute atomic E-state index is 0.0461. The lowest BCUT2D eigenvalue weighted by molar-refractivity contribution is -0.122. The van der Waals surface area contributed by atoms with Crippen LogP contribution in [0.2, 0.25) is 5.02 Å². The number of ether oxygens (including phenoxy) is 1. The zero-order chi connectivity index (χ0) is 18.7. The Morgan fingerprint density at radius 3 is 2.92 bits per heavy atom. The first-order valence-corrected chi connectivity index (χ1v) is 8.99. The Labute approximate surface area is 160 Å². The normalized spacial score (nSPS) is 17.3. The number of hydrogen-bond donors (Lipinski definition) is 1. The van der Waals surface area contributed by atoms with E-state index < -0.39 is 0 Å². The standard InChI is InChI=1S/C18H16ClN3O3S/c1-3-22-17(24)16(9-11-4-5-14(23)15(8-11)25-2)26-18(22)21-13-6-7-20-10-12(13)19/h4-10,23H,3H2,1-2H3/b16-9-,21-18?. The molecule has 2 heterocycles. The van der Waals surface area contributed by atoms with E-state index in [0.29, 0.717) is 33.1 Å². The van der Waals surface area contributed by atoms with Gasteiger partial charge in [-0.25, -0.2) is 4.99 Å². The summed E-state index contributed by atoms with van der Waals surface area (Å²) in [5.41, 5.74) is 1.30. The van der Waals surface area contributed by atoms with Gasteiger partial charge in [0.25, 0.3) is 5.91 Å². The fraction of sp³-hybridized carbons (Fsp3) is 0.167. The van der Waals surface area contributed by atoms with Crippen LogP contribution in [0.3, 0.4) is 0 Å². The van der Waals surface area contributed by atoms with Crippen LogP contribution in [-0.2, 0) is 4.79 Å². The van der Waals surface area contributed by atoms with Crippen molar-refractivity contribution in [1.82, 2.24) is 9.88 Å². The first kappa shape index (κ1) is 18.3. The smallest absolute Gasteiger partial charge is 0.266 e. The second-order valence-electron chi connectivity index (χ2n) is 5.31. The Balaban J connectivity index is 1.96. The summed E-state index contributed by atoms with van der Waals surface area (Å²) in [6.07, 6.45) is 4.86. The van der Waals surface area contributed by atoms with E-state index >= 15 is 0 Å². The number of benzene rings is 1. The van der Waals surface area contributed by atoms with Crippen molar-refractivity contribution in [2.24, 2.45) is 4.99 Å². The maximum Gasteiger partial charge on any atom is 0.266 e. The number of rotatable bonds is 4. The number of carbonyl (C=O) groups excluding carboxylic acids is 1. The maximum absolute atomic E-state index is 12.7. The lowest BCUT2D eigenvalue weighted by Crippen LogP contribution is -2.28. The average molecular weight is 390 g/mol. The molecule has 0 unspecified atom stereocenters. The van der Waals surface area contributed by atoms with Crippen LogP contribution >= 0.6 is 23.4 Å². The van der Waals surface area contributed by atoms with Crippen molar-refractivity contribution >= 4 is 46.2 Å². The number of amides is 1. The number of thioether (sulfide) groups is 1. The van der Waals surface area contributed by atoms with Crippen molar-refractivity contribution < 1.29 is 14.6 Å². The van der Waals surface area contributed by atoms with E-state index in [9.17, 15) is 9.90 Å². The van der Waals surface area contributed by atoms with Crippen LogP contribution in [0.15, 0.2) is 46.6 Å². The number of phenolic OH excluding ortho intramolecular Hbond substituents is 1. The quantitative estimate of drug-likeness (QED) is 0.797. The first-order chi connectivity index (χ1) is 12.5. The van der Waals surface area contributed by atoms with Gasteiger partial charge in [0, 0.05) is 18.9 Å². The van der Waals surface area contributed by atoms with E-state index in [4.69, 9.17) is 16.3 Å². The van der Waals surface area contributed by atoms with Gasteiger partial charge < -0.3 is 9.84 Å². The summed E-state index contributed by atoms with van der Waals surface area (Å²) in [6.45, 7) is 2.37. The number of pyridine rings is 1. The number of hydrogen-bond acceptors (Lipinski definition) is 6. The molecule has 1 aromatic heterocycles. The summed E-state index contributed by atoms with van der Waals surface area (Å²) in [6, 6.07) is 6.60. The Bertz CT molecular complexity index is 914. The number of halogens is 1. The highest BCUT2D eigenvalue weighted by molar-refractivity contribution is 8.18. The van der Waals surface area contributed by atoms with E-state index in [1.54, 1.807) is 35.4 Å². The molecule has 3 rings (SSSR count). The molecule has 1 saturated heterocycles. The molecule has 1 fully saturated rings. The molecule has 0 bridgehead atoms. The van der Waals surface area contributed by atoms with Crippen LogP contribution in [0, 0.1) is 0 Å². The molecule has 2 aromatic rings. The number of methoxy groups -OCH3 is 1. The largest absolute Gasteiger partial charge is 0.504 e. The number of aromatic nitrogens is 1. The summed E-state index contributed by atoms with van der Waals surface area (Å²) in [5, 5.41) is 10.7. The number of nitrogens with zero attached hydrogens (tertiary/aromatic N) is 3. The van der Waals surface area contributed by atoms with Crippen LogP contribution in [-0.4, -0.2) is 39.7 Å². The molecule has 8 heteroatoms. The SMILES string of the molecule is CCN1C(=O)/C(=C/c2ccc(O)c(OC)c2)SC1=Nc1ccncc1Cl. The third kappa shape index (κ3) is 3.68. The summed E-state index contributed by atoms with van der Waals surface area (Å²) in [4.78, 5) is 23.2. The highest BCUT2D eigenvalue weighted by atomic mass is 35.5. The molecule has 0 atom stereocenters. The predicted molar refractivity (Wildman–Crippen MR) is 104 cm³/mol. The predicted octanol–water partition coefficient (Wildman–Crippen LogP) is 4.07. The monoisotopic (exact) mass is 389 g/mol. The lowest BCUT2D eigenvalue weighted by Gasteiger charge is -2.12. The van der Waals surface area contributed by atoms with Gasteiger partial charge in [-0.2, -0.15) is 0 Å². The van der Waals surface area contributed by atoms with Crippen LogP contribution < -0.4 is 4.74 Å². The van der Waals surface area contributed by atoms with Crippen LogP contribution in [0.1, 0.15) is 12.5 Å². The molecular formula is C18H16ClN3O3S. The fourth-order valence-corrected chi connectivity index (χ4v) is 3.58. The molecule has 0 saturated carbocycles. The summed E-state index contributed by atoms with van der Waals surface area (Å²) in [7, 11) is 1.48. The van der Waals surface area contributed by atoms with E-state index in [-0.39, 0.29) is 11.7 Å². The Morgan fingerprint density at radius 2 is 2.23 bits per heavy atom. The zero-order valence-corrected chi connectivity index (χ0v) is 15.7. The number of carbonyl (C=O) groups is 1. The van der Waals surface area contributed by atoms with E-state index in [1.165, 1.54) is 31.1 Å². The molecule has 1 aromatic carbocycles. The molecular weight excluding hydrogens is 374 g/mol. The summed E-state index contributed by atoms with van der Waals surface area (Å²) < 4.78 is 5.11. The Kier molecular flexibility index (Phi) is 5.49. The molecule has 26 heavy (non-hydrogen) atoms. The molecule has 1 aliphatic rings. The van der Waals surface area contributed by atoms with Crippen molar-refractivity contribution in [3.8, 4) is 11.5 Å². The third-order valence-corrected chi connectivity index (χ3v) is 4.97. The second-order valence-corrected chi connectivity index (χ2v) is 6.73. The second kappa shape index (κ2) is 7.80. The average Bonchev–Trinajstić information content (AvgIpc) is 2.93. The number of likely N-dealkylation sites (N-methyl/N-ethyl adjacent to an activating group) is 1. The summed E-state index contributed by atoms with van der Waals surface area (Å²) in [5.74, 6) is 0.262. The molecule has 6 nitrogen and oxygen atoms in total. The molecule has 1 N–H and O–H groups in total. The third-order valence-electron chi connectivity index (χ3n) is 3.67. The van der Waals surface area contributed by atoms with Gasteiger partial charge in [0.1, 0.15) is 0 Å². The van der Waals surface area contributed by atoms with Crippen molar-refractivity contribution in [2.75, 3.05) is 13.7 Å². The number of phenols is 1. The highest BCUT2D eigenvalue weighted by Gasteiger charge is 2.32. The van der Waals surface area contributed by atoms with Crippen molar-refractivity contribution in [3.63, 3.8) is 0 Å². The van der Waals surface area contributed by atoms with Gasteiger partial charge in [-0.1, -0.05) is 17.7 Å². The summed E-state index contributed by atoms with van der Waals surface area (Å²) >= 11 is 7.38. The van der Waals surface area contributed by atoms with Gasteiger partial charge in [0.15, 0.2) is 16.7 Å². The number of aliphatic imine (C=N–C) groups is 1. The number of aromatic hydroxyl groups is 1. The van der Waals surface area contributed by atoms with Gasteiger partial charge >= 0.3 is 0 Å². The van der Waals surface area contributed by atoms with Crippen LogP contribution in [0.4, 0.5) is 5.69 Å². The van der Waals surface area contributed by atoms with Gasteiger partial charge in [-0.05, 0) is 48.5 Å². The number of amidine groups is 1. The molecule has 0 radical (unpaired) electrons. The Hall–Kier alpha value is -2.51. The van der Waals surface area contributed by atoms with E-state index in [0.717, 1.165) is 5.56 Å².